The van der Waals surface area contributed by atoms with Crippen molar-refractivity contribution in [3.05, 3.63) is 36.7 Å². The monoisotopic (exact) mass is 335 g/mol. The van der Waals surface area contributed by atoms with Gasteiger partial charge in [-0.3, -0.25) is 4.98 Å². The van der Waals surface area contributed by atoms with Crippen molar-refractivity contribution in [2.24, 2.45) is 0 Å². The number of hydrogen-bond acceptors (Lipinski definition) is 5. The van der Waals surface area contributed by atoms with E-state index in [1.165, 1.54) is 10.5 Å². The van der Waals surface area contributed by atoms with Crippen LogP contribution in [0.1, 0.15) is 44.5 Å². The van der Waals surface area contributed by atoms with E-state index >= 15 is 0 Å². The largest absolute Gasteiger partial charge is 0.315 e. The van der Waals surface area contributed by atoms with Crippen LogP contribution in [0.3, 0.4) is 0 Å². The van der Waals surface area contributed by atoms with Crippen LogP contribution in [0.15, 0.2) is 35.7 Å². The zero-order valence-corrected chi connectivity index (χ0v) is 14.1. The van der Waals surface area contributed by atoms with Crippen molar-refractivity contribution in [1.29, 1.82) is 0 Å². The molecule has 0 spiro atoms. The van der Waals surface area contributed by atoms with Crippen molar-refractivity contribution >= 4 is 10.0 Å². The smallest absolute Gasteiger partial charge is 0.244 e. The van der Waals surface area contributed by atoms with Gasteiger partial charge in [0.15, 0.2) is 0 Å². The van der Waals surface area contributed by atoms with Crippen LogP contribution in [0.25, 0.3) is 0 Å². The molecule has 1 saturated heterocycles. The van der Waals surface area contributed by atoms with Crippen LogP contribution in [-0.2, 0) is 10.0 Å². The van der Waals surface area contributed by atoms with E-state index in [1.807, 2.05) is 4.57 Å². The summed E-state index contributed by atoms with van der Waals surface area (Å²) in [7, 11) is -3.51. The van der Waals surface area contributed by atoms with Gasteiger partial charge in [0.25, 0.3) is 0 Å². The number of hydrogen-bond donors (Lipinski definition) is 0. The molecule has 3 heterocycles. The fraction of sp³-hybridized carbons (Fsp3) is 0.533. The number of aromatic nitrogens is 4. The van der Waals surface area contributed by atoms with E-state index in [4.69, 9.17) is 0 Å². The van der Waals surface area contributed by atoms with Crippen LogP contribution in [0.2, 0.25) is 0 Å². The van der Waals surface area contributed by atoms with Crippen molar-refractivity contribution in [2.45, 2.75) is 43.5 Å². The molecule has 8 heteroatoms. The maximum atomic E-state index is 12.8. The van der Waals surface area contributed by atoms with Crippen molar-refractivity contribution in [3.63, 3.8) is 0 Å². The number of rotatable bonds is 4. The van der Waals surface area contributed by atoms with E-state index in [1.54, 1.807) is 24.7 Å². The molecule has 2 aromatic heterocycles. The lowest BCUT2D eigenvalue weighted by atomic mass is 9.98. The Bertz CT molecular complexity index is 757. The number of nitrogens with zero attached hydrogens (tertiary/aromatic N) is 5. The second-order valence-corrected chi connectivity index (χ2v) is 8.02. The average Bonchev–Trinajstić information content (AvgIpc) is 3.06. The Morgan fingerprint density at radius 1 is 1.35 bits per heavy atom. The summed E-state index contributed by atoms with van der Waals surface area (Å²) in [6.45, 7) is 5.10. The fourth-order valence-corrected chi connectivity index (χ4v) is 4.45. The maximum Gasteiger partial charge on any atom is 0.244 e. The van der Waals surface area contributed by atoms with E-state index in [0.717, 1.165) is 18.7 Å². The third-order valence-electron chi connectivity index (χ3n) is 4.18. The molecule has 3 rings (SSSR count). The maximum absolute atomic E-state index is 12.8. The van der Waals surface area contributed by atoms with Crippen molar-refractivity contribution in [3.8, 4) is 0 Å². The Balaban J connectivity index is 1.85. The van der Waals surface area contributed by atoms with Gasteiger partial charge in [-0.15, -0.1) is 10.2 Å². The minimum absolute atomic E-state index is 0.0695. The quantitative estimate of drug-likeness (QED) is 0.851. The van der Waals surface area contributed by atoms with E-state index in [0.29, 0.717) is 13.1 Å². The van der Waals surface area contributed by atoms with E-state index in [-0.39, 0.29) is 16.9 Å². The summed E-state index contributed by atoms with van der Waals surface area (Å²) in [6.07, 6.45) is 6.42. The summed E-state index contributed by atoms with van der Waals surface area (Å²) in [6, 6.07) is 3.48. The van der Waals surface area contributed by atoms with Gasteiger partial charge in [-0.25, -0.2) is 8.42 Å². The summed E-state index contributed by atoms with van der Waals surface area (Å²) in [4.78, 5) is 4.16. The van der Waals surface area contributed by atoms with Crippen LogP contribution < -0.4 is 0 Å². The van der Waals surface area contributed by atoms with Crippen molar-refractivity contribution in [1.82, 2.24) is 24.1 Å². The lowest BCUT2D eigenvalue weighted by Crippen LogP contribution is -2.39. The molecule has 0 amide bonds. The van der Waals surface area contributed by atoms with Gasteiger partial charge in [-0.1, -0.05) is 0 Å². The molecule has 0 saturated carbocycles. The zero-order chi connectivity index (χ0) is 16.4. The summed E-state index contributed by atoms with van der Waals surface area (Å²) in [5.74, 6) is 0.936. The Kier molecular flexibility index (Phi) is 4.45. The third kappa shape index (κ3) is 3.13. The van der Waals surface area contributed by atoms with Gasteiger partial charge in [0, 0.05) is 37.4 Å². The molecule has 0 bridgehead atoms. The molecule has 7 nitrogen and oxygen atoms in total. The zero-order valence-electron chi connectivity index (χ0n) is 13.3. The minimum Gasteiger partial charge on any atom is -0.315 e. The standard InChI is InChI=1S/C15H21N5O2S/c1-12(2)20-11-17-18-15(20)13-5-4-8-19(10-13)23(21,22)14-6-3-7-16-9-14/h3,6-7,9,11-13H,4-5,8,10H2,1-2H3/t13-/m1/s1. The van der Waals surface area contributed by atoms with Gasteiger partial charge in [-0.2, -0.15) is 4.31 Å². The number of pyridine rings is 1. The normalized spacial score (nSPS) is 20.0. The molecule has 2 aromatic rings. The van der Waals surface area contributed by atoms with Gasteiger partial charge in [0.05, 0.1) is 0 Å². The second kappa shape index (κ2) is 6.37. The van der Waals surface area contributed by atoms with E-state index in [9.17, 15) is 8.42 Å². The Morgan fingerprint density at radius 2 is 2.17 bits per heavy atom. The first-order valence-corrected chi connectivity index (χ1v) is 9.23. The lowest BCUT2D eigenvalue weighted by molar-refractivity contribution is 0.302. The highest BCUT2D eigenvalue weighted by atomic mass is 32.2. The predicted octanol–water partition coefficient (Wildman–Crippen LogP) is 1.82. The first-order valence-electron chi connectivity index (χ1n) is 7.79. The molecule has 0 N–H and O–H groups in total. The summed E-state index contributed by atoms with van der Waals surface area (Å²) in [5.41, 5.74) is 0. The Morgan fingerprint density at radius 3 is 2.87 bits per heavy atom. The second-order valence-electron chi connectivity index (χ2n) is 6.08. The fourth-order valence-electron chi connectivity index (χ4n) is 2.96. The average molecular weight is 335 g/mol. The predicted molar refractivity (Wildman–Crippen MR) is 85.4 cm³/mol. The SMILES string of the molecule is CC(C)n1cnnc1[C@@H]1CCCN(S(=O)(=O)c2cccnc2)C1. The molecule has 0 aliphatic carbocycles. The molecular weight excluding hydrogens is 314 g/mol. The Hall–Kier alpha value is -1.80. The molecule has 124 valence electrons. The first kappa shape index (κ1) is 16.1. The van der Waals surface area contributed by atoms with Crippen LogP contribution >= 0.6 is 0 Å². The third-order valence-corrected chi connectivity index (χ3v) is 6.03. The molecule has 23 heavy (non-hydrogen) atoms. The van der Waals surface area contributed by atoms with Gasteiger partial charge < -0.3 is 4.57 Å². The first-order chi connectivity index (χ1) is 11.0. The summed E-state index contributed by atoms with van der Waals surface area (Å²) < 4.78 is 29.1. The van der Waals surface area contributed by atoms with Gasteiger partial charge in [0.1, 0.15) is 17.0 Å². The molecule has 0 radical (unpaired) electrons. The molecule has 1 aliphatic rings. The highest BCUT2D eigenvalue weighted by Crippen LogP contribution is 2.30. The number of sulfonamides is 1. The van der Waals surface area contributed by atoms with Gasteiger partial charge >= 0.3 is 0 Å². The van der Waals surface area contributed by atoms with Crippen LogP contribution in [0.4, 0.5) is 0 Å². The van der Waals surface area contributed by atoms with Gasteiger partial charge in [0.2, 0.25) is 10.0 Å². The lowest BCUT2D eigenvalue weighted by Gasteiger charge is -2.31. The summed E-state index contributed by atoms with van der Waals surface area (Å²) >= 11 is 0. The highest BCUT2D eigenvalue weighted by Gasteiger charge is 2.33. The molecule has 1 atom stereocenters. The number of piperidine rings is 1. The van der Waals surface area contributed by atoms with E-state index < -0.39 is 10.0 Å². The molecule has 1 fully saturated rings. The van der Waals surface area contributed by atoms with Crippen molar-refractivity contribution < 1.29 is 8.42 Å². The minimum atomic E-state index is -3.51. The molecule has 1 aliphatic heterocycles. The van der Waals surface area contributed by atoms with Crippen LogP contribution in [-0.4, -0.2) is 45.6 Å². The van der Waals surface area contributed by atoms with Crippen molar-refractivity contribution in [2.75, 3.05) is 13.1 Å². The Labute approximate surface area is 136 Å². The molecular formula is C15H21N5O2S. The summed E-state index contributed by atoms with van der Waals surface area (Å²) in [5, 5.41) is 8.23. The highest BCUT2D eigenvalue weighted by molar-refractivity contribution is 7.89. The molecule has 0 aromatic carbocycles. The van der Waals surface area contributed by atoms with Crippen LogP contribution in [0, 0.1) is 0 Å². The molecule has 0 unspecified atom stereocenters. The topological polar surface area (TPSA) is 81.0 Å². The van der Waals surface area contributed by atoms with Crippen LogP contribution in [0.5, 0.6) is 0 Å². The van der Waals surface area contributed by atoms with E-state index in [2.05, 4.69) is 29.0 Å². The van der Waals surface area contributed by atoms with Gasteiger partial charge in [-0.05, 0) is 38.8 Å².